The van der Waals surface area contributed by atoms with E-state index in [2.05, 4.69) is 25.3 Å². The number of benzene rings is 2. The quantitative estimate of drug-likeness (QED) is 0.603. The zero-order chi connectivity index (χ0) is 16.4. The van der Waals surface area contributed by atoms with Crippen molar-refractivity contribution in [1.82, 2.24) is 19.9 Å². The van der Waals surface area contributed by atoms with Crippen LogP contribution in [0.3, 0.4) is 0 Å². The Balaban J connectivity index is 1.77. The van der Waals surface area contributed by atoms with Gasteiger partial charge in [-0.2, -0.15) is 5.26 Å². The highest BCUT2D eigenvalue weighted by molar-refractivity contribution is 5.95. The van der Waals surface area contributed by atoms with Crippen LogP contribution in [-0.4, -0.2) is 19.9 Å². The van der Waals surface area contributed by atoms with E-state index in [4.69, 9.17) is 5.26 Å². The molecule has 114 valence electrons. The van der Waals surface area contributed by atoms with Crippen molar-refractivity contribution in [3.05, 3.63) is 66.7 Å². The maximum atomic E-state index is 8.81. The Hall–Kier alpha value is -3.72. The van der Waals surface area contributed by atoms with Crippen molar-refractivity contribution in [2.75, 3.05) is 5.32 Å². The van der Waals surface area contributed by atoms with Gasteiger partial charge in [0.25, 0.3) is 0 Å². The van der Waals surface area contributed by atoms with Crippen LogP contribution < -0.4 is 5.32 Å². The van der Waals surface area contributed by atoms with Crippen LogP contribution in [-0.2, 0) is 0 Å². The van der Waals surface area contributed by atoms with Gasteiger partial charge in [0.05, 0.1) is 35.3 Å². The van der Waals surface area contributed by atoms with E-state index in [-0.39, 0.29) is 0 Å². The van der Waals surface area contributed by atoms with Gasteiger partial charge in [0.2, 0.25) is 5.95 Å². The van der Waals surface area contributed by atoms with E-state index in [0.717, 1.165) is 27.8 Å². The largest absolute Gasteiger partial charge is 0.345 e. The summed E-state index contributed by atoms with van der Waals surface area (Å²) in [5, 5.41) is 12.0. The van der Waals surface area contributed by atoms with Crippen LogP contribution in [0.4, 0.5) is 11.6 Å². The zero-order valence-electron chi connectivity index (χ0n) is 12.6. The summed E-state index contributed by atoms with van der Waals surface area (Å²) < 4.78 is 0. The number of aromatic nitrogens is 4. The topological polar surface area (TPSA) is 90.3 Å². The molecule has 6 nitrogen and oxygen atoms in total. The summed E-state index contributed by atoms with van der Waals surface area (Å²) in [6, 6.07) is 16.0. The standard InChI is InChI=1S/C18H12N6/c19-8-12-9-20-18(21-10-12)24-14-6-15(13-4-2-1-3-5-13)17-16(7-14)22-11-23-17/h1-7,9-11H,(H,22,23)(H,20,21,24). The molecule has 2 heterocycles. The fourth-order valence-corrected chi connectivity index (χ4v) is 2.54. The van der Waals surface area contributed by atoms with Crippen molar-refractivity contribution in [1.29, 1.82) is 5.26 Å². The SMILES string of the molecule is N#Cc1cnc(Nc2cc(-c3ccccc3)c3nc[nH]c3c2)nc1. The molecule has 0 aliphatic rings. The second kappa shape index (κ2) is 5.82. The van der Waals surface area contributed by atoms with Gasteiger partial charge < -0.3 is 10.3 Å². The van der Waals surface area contributed by atoms with E-state index in [9.17, 15) is 0 Å². The molecule has 0 unspecified atom stereocenters. The molecule has 2 N–H and O–H groups in total. The minimum Gasteiger partial charge on any atom is -0.345 e. The van der Waals surface area contributed by atoms with Crippen LogP contribution in [0, 0.1) is 11.3 Å². The van der Waals surface area contributed by atoms with E-state index in [1.54, 1.807) is 6.33 Å². The van der Waals surface area contributed by atoms with Crippen LogP contribution in [0.1, 0.15) is 5.56 Å². The summed E-state index contributed by atoms with van der Waals surface area (Å²) in [4.78, 5) is 15.8. The molecule has 4 rings (SSSR count). The maximum absolute atomic E-state index is 8.81. The van der Waals surface area contributed by atoms with Gasteiger partial charge in [0.1, 0.15) is 6.07 Å². The molecule has 4 aromatic rings. The molecule has 0 bridgehead atoms. The van der Waals surface area contributed by atoms with Crippen molar-refractivity contribution in [2.45, 2.75) is 0 Å². The predicted octanol–water partition coefficient (Wildman–Crippen LogP) is 3.64. The van der Waals surface area contributed by atoms with Crippen molar-refractivity contribution in [3.8, 4) is 17.2 Å². The van der Waals surface area contributed by atoms with E-state index in [0.29, 0.717) is 11.5 Å². The molecule has 0 atom stereocenters. The summed E-state index contributed by atoms with van der Waals surface area (Å²) in [6.45, 7) is 0. The molecular weight excluding hydrogens is 300 g/mol. The molecule has 0 aliphatic carbocycles. The second-order valence-electron chi connectivity index (χ2n) is 5.22. The smallest absolute Gasteiger partial charge is 0.227 e. The monoisotopic (exact) mass is 312 g/mol. The number of nitriles is 1. The summed E-state index contributed by atoms with van der Waals surface area (Å²) in [5.41, 5.74) is 5.20. The summed E-state index contributed by atoms with van der Waals surface area (Å²) in [5.74, 6) is 0.437. The first-order valence-electron chi connectivity index (χ1n) is 7.35. The predicted molar refractivity (Wildman–Crippen MR) is 91.6 cm³/mol. The van der Waals surface area contributed by atoms with Crippen LogP contribution in [0.2, 0.25) is 0 Å². The lowest BCUT2D eigenvalue weighted by Crippen LogP contribution is -1.97. The van der Waals surface area contributed by atoms with Gasteiger partial charge in [-0.25, -0.2) is 15.0 Å². The number of hydrogen-bond donors (Lipinski definition) is 2. The number of anilines is 2. The molecule has 24 heavy (non-hydrogen) atoms. The number of rotatable bonds is 3. The second-order valence-corrected chi connectivity index (χ2v) is 5.22. The lowest BCUT2D eigenvalue weighted by molar-refractivity contribution is 1.15. The lowest BCUT2D eigenvalue weighted by atomic mass is 10.0. The van der Waals surface area contributed by atoms with Crippen LogP contribution in [0.15, 0.2) is 61.2 Å². The first kappa shape index (κ1) is 13.9. The molecule has 0 aliphatic heterocycles. The van der Waals surface area contributed by atoms with Crippen LogP contribution in [0.25, 0.3) is 22.2 Å². The van der Waals surface area contributed by atoms with Crippen molar-refractivity contribution >= 4 is 22.7 Å². The Bertz CT molecular complexity index is 1030. The van der Waals surface area contributed by atoms with E-state index < -0.39 is 0 Å². The Morgan fingerprint density at radius 1 is 1.00 bits per heavy atom. The number of nitrogens with one attached hydrogen (secondary N) is 2. The third-order valence-electron chi connectivity index (χ3n) is 3.65. The zero-order valence-corrected chi connectivity index (χ0v) is 12.6. The first-order chi connectivity index (χ1) is 11.8. The Morgan fingerprint density at radius 3 is 2.54 bits per heavy atom. The fourth-order valence-electron chi connectivity index (χ4n) is 2.54. The van der Waals surface area contributed by atoms with Crippen molar-refractivity contribution in [2.24, 2.45) is 0 Å². The molecule has 0 fully saturated rings. The molecule has 6 heteroatoms. The Kier molecular flexibility index (Phi) is 3.37. The molecular formula is C18H12N6. The normalized spacial score (nSPS) is 10.5. The minimum absolute atomic E-state index is 0.426. The van der Waals surface area contributed by atoms with Crippen LogP contribution >= 0.6 is 0 Å². The summed E-state index contributed by atoms with van der Waals surface area (Å²) >= 11 is 0. The molecule has 0 radical (unpaired) electrons. The average molecular weight is 312 g/mol. The van der Waals surface area contributed by atoms with Gasteiger partial charge in [-0.3, -0.25) is 0 Å². The van der Waals surface area contributed by atoms with Gasteiger partial charge in [-0.05, 0) is 17.7 Å². The van der Waals surface area contributed by atoms with Gasteiger partial charge in [-0.1, -0.05) is 30.3 Å². The first-order valence-corrected chi connectivity index (χ1v) is 7.35. The number of imidazole rings is 1. The molecule has 0 saturated carbocycles. The average Bonchev–Trinajstić information content (AvgIpc) is 3.11. The third kappa shape index (κ3) is 2.55. The van der Waals surface area contributed by atoms with Gasteiger partial charge in [0.15, 0.2) is 0 Å². The number of hydrogen-bond acceptors (Lipinski definition) is 5. The van der Waals surface area contributed by atoms with Gasteiger partial charge >= 0.3 is 0 Å². The van der Waals surface area contributed by atoms with E-state index >= 15 is 0 Å². The summed E-state index contributed by atoms with van der Waals surface area (Å²) in [6.07, 6.45) is 4.66. The van der Waals surface area contributed by atoms with Crippen LogP contribution in [0.5, 0.6) is 0 Å². The van der Waals surface area contributed by atoms with Gasteiger partial charge in [-0.15, -0.1) is 0 Å². The Morgan fingerprint density at radius 2 is 1.79 bits per heavy atom. The number of nitrogens with zero attached hydrogens (tertiary/aromatic N) is 4. The van der Waals surface area contributed by atoms with E-state index in [1.807, 2.05) is 48.5 Å². The highest BCUT2D eigenvalue weighted by Crippen LogP contribution is 2.30. The maximum Gasteiger partial charge on any atom is 0.227 e. The number of aromatic amines is 1. The molecule has 2 aromatic heterocycles. The highest BCUT2D eigenvalue weighted by Gasteiger charge is 2.09. The molecule has 2 aromatic carbocycles. The van der Waals surface area contributed by atoms with Gasteiger partial charge in [0, 0.05) is 11.3 Å². The number of fused-ring (bicyclic) bond motifs is 1. The minimum atomic E-state index is 0.426. The molecule has 0 spiro atoms. The van der Waals surface area contributed by atoms with E-state index in [1.165, 1.54) is 12.4 Å². The molecule has 0 amide bonds. The van der Waals surface area contributed by atoms with Crippen molar-refractivity contribution in [3.63, 3.8) is 0 Å². The Labute approximate surface area is 137 Å². The lowest BCUT2D eigenvalue weighted by Gasteiger charge is -2.09. The highest BCUT2D eigenvalue weighted by atomic mass is 15.1. The summed E-state index contributed by atoms with van der Waals surface area (Å²) in [7, 11) is 0. The molecule has 0 saturated heterocycles. The van der Waals surface area contributed by atoms with Crippen molar-refractivity contribution < 1.29 is 0 Å². The number of H-pyrrole nitrogens is 1. The third-order valence-corrected chi connectivity index (χ3v) is 3.65. The fraction of sp³-hybridized carbons (Fsp3) is 0.